The maximum absolute atomic E-state index is 10.7. The molecule has 6 heteroatoms. The van der Waals surface area contributed by atoms with Crippen LogP contribution in [0.4, 0.5) is 0 Å². The van der Waals surface area contributed by atoms with Crippen LogP contribution in [-0.2, 0) is 16.6 Å². The number of nitrogens with zero attached hydrogens (tertiary/aromatic N) is 2. The van der Waals surface area contributed by atoms with Crippen molar-refractivity contribution in [2.75, 3.05) is 0 Å². The van der Waals surface area contributed by atoms with E-state index in [-0.39, 0.29) is 5.70 Å². The van der Waals surface area contributed by atoms with Gasteiger partial charge in [0.25, 0.3) is 0 Å². The Labute approximate surface area is 86.2 Å². The second kappa shape index (κ2) is 4.41. The first-order valence-corrected chi connectivity index (χ1v) is 4.20. The average molecular weight is 209 g/mol. The van der Waals surface area contributed by atoms with E-state index in [9.17, 15) is 9.59 Å². The van der Waals surface area contributed by atoms with Crippen molar-refractivity contribution in [3.63, 3.8) is 0 Å². The van der Waals surface area contributed by atoms with Crippen LogP contribution in [0, 0.1) is 0 Å². The van der Waals surface area contributed by atoms with Crippen LogP contribution in [0.15, 0.2) is 18.1 Å². The molecule has 1 aromatic heterocycles. The lowest BCUT2D eigenvalue weighted by Crippen LogP contribution is -2.24. The summed E-state index contributed by atoms with van der Waals surface area (Å²) >= 11 is 0. The quantitative estimate of drug-likeness (QED) is 0.685. The number of amides is 1. The van der Waals surface area contributed by atoms with Gasteiger partial charge in [0.15, 0.2) is 0 Å². The molecule has 0 saturated carbocycles. The van der Waals surface area contributed by atoms with Crippen molar-refractivity contribution in [1.29, 1.82) is 0 Å². The number of hydrogen-bond acceptors (Lipinski definition) is 3. The Kier molecular flexibility index (Phi) is 3.22. The molecule has 0 fully saturated rings. The van der Waals surface area contributed by atoms with Crippen molar-refractivity contribution in [3.8, 4) is 0 Å². The minimum Gasteiger partial charge on any atom is -0.477 e. The molecule has 1 aromatic rings. The van der Waals surface area contributed by atoms with E-state index >= 15 is 0 Å². The normalized spacial score (nSPS) is 11.2. The van der Waals surface area contributed by atoms with Gasteiger partial charge in [0, 0.05) is 25.7 Å². The molecule has 15 heavy (non-hydrogen) atoms. The Morgan fingerprint density at radius 3 is 2.67 bits per heavy atom. The smallest absolute Gasteiger partial charge is 0.352 e. The van der Waals surface area contributed by atoms with Crippen molar-refractivity contribution in [2.24, 2.45) is 7.05 Å². The highest BCUT2D eigenvalue weighted by Crippen LogP contribution is 2.03. The number of carboxylic acids is 1. The van der Waals surface area contributed by atoms with Gasteiger partial charge < -0.3 is 10.4 Å². The van der Waals surface area contributed by atoms with E-state index in [1.54, 1.807) is 17.9 Å². The van der Waals surface area contributed by atoms with Crippen LogP contribution < -0.4 is 5.32 Å². The van der Waals surface area contributed by atoms with Gasteiger partial charge in [0.1, 0.15) is 5.70 Å². The van der Waals surface area contributed by atoms with Gasteiger partial charge in [-0.15, -0.1) is 0 Å². The molecule has 0 atom stereocenters. The summed E-state index contributed by atoms with van der Waals surface area (Å²) in [7, 11) is 1.72. The summed E-state index contributed by atoms with van der Waals surface area (Å²) in [4.78, 5) is 21.5. The molecule has 0 bridgehead atoms. The van der Waals surface area contributed by atoms with E-state index in [1.807, 2.05) is 0 Å². The lowest BCUT2D eigenvalue weighted by molar-refractivity contribution is -0.134. The molecule has 1 amide bonds. The van der Waals surface area contributed by atoms with E-state index in [4.69, 9.17) is 5.11 Å². The third-order valence-corrected chi connectivity index (χ3v) is 1.58. The molecule has 1 heterocycles. The Morgan fingerprint density at radius 2 is 2.27 bits per heavy atom. The molecule has 80 valence electrons. The van der Waals surface area contributed by atoms with Crippen LogP contribution in [0.1, 0.15) is 12.5 Å². The summed E-state index contributed by atoms with van der Waals surface area (Å²) in [6.07, 6.45) is 4.49. The lowest BCUT2D eigenvalue weighted by Gasteiger charge is -2.00. The predicted octanol–water partition coefficient (Wildman–Crippen LogP) is -0.0183. The number of aromatic nitrogens is 2. The molecule has 1 rings (SSSR count). The number of carbonyl (C=O) groups excluding carboxylic acids is 1. The molecule has 0 aliphatic carbocycles. The van der Waals surface area contributed by atoms with Crippen molar-refractivity contribution < 1.29 is 14.7 Å². The number of rotatable bonds is 3. The zero-order chi connectivity index (χ0) is 11.4. The Bertz CT molecular complexity index is 420. The number of hydrogen-bond donors (Lipinski definition) is 2. The van der Waals surface area contributed by atoms with Crippen molar-refractivity contribution in [2.45, 2.75) is 6.92 Å². The molecule has 0 aliphatic rings. The van der Waals surface area contributed by atoms with E-state index in [0.717, 1.165) is 0 Å². The van der Waals surface area contributed by atoms with E-state index in [0.29, 0.717) is 5.56 Å². The van der Waals surface area contributed by atoms with Crippen LogP contribution in [0.2, 0.25) is 0 Å². The number of carbonyl (C=O) groups is 2. The first kappa shape index (κ1) is 11.0. The molecule has 0 spiro atoms. The molecule has 0 aromatic carbocycles. The van der Waals surface area contributed by atoms with E-state index in [1.165, 1.54) is 19.2 Å². The van der Waals surface area contributed by atoms with Crippen LogP contribution in [0.3, 0.4) is 0 Å². The second-order valence-corrected chi connectivity index (χ2v) is 2.99. The number of carboxylic acid groups (broad SMARTS) is 1. The first-order chi connectivity index (χ1) is 6.99. The fraction of sp³-hybridized carbons (Fsp3) is 0.222. The van der Waals surface area contributed by atoms with Gasteiger partial charge in [0.05, 0.1) is 6.20 Å². The Hall–Kier alpha value is -2.11. The summed E-state index contributed by atoms with van der Waals surface area (Å²) in [6, 6.07) is 0. The van der Waals surface area contributed by atoms with Crippen molar-refractivity contribution >= 4 is 18.0 Å². The summed E-state index contributed by atoms with van der Waals surface area (Å²) in [5.41, 5.74) is 0.444. The number of aliphatic carboxylic acids is 1. The summed E-state index contributed by atoms with van der Waals surface area (Å²) < 4.78 is 1.54. The Balaban J connectivity index is 2.93. The monoisotopic (exact) mass is 209 g/mol. The fourth-order valence-corrected chi connectivity index (χ4v) is 1.02. The summed E-state index contributed by atoms with van der Waals surface area (Å²) in [5, 5.41) is 14.9. The van der Waals surface area contributed by atoms with E-state index in [2.05, 4.69) is 10.4 Å². The maximum atomic E-state index is 10.7. The molecule has 6 nitrogen and oxygen atoms in total. The highest BCUT2D eigenvalue weighted by Gasteiger charge is 2.08. The highest BCUT2D eigenvalue weighted by molar-refractivity contribution is 5.96. The molecule has 0 aliphatic heterocycles. The largest absolute Gasteiger partial charge is 0.477 e. The zero-order valence-electron chi connectivity index (χ0n) is 8.39. The van der Waals surface area contributed by atoms with Crippen LogP contribution in [-0.4, -0.2) is 26.8 Å². The SMILES string of the molecule is CC(=O)NC(=Cc1cnn(C)c1)C(=O)O. The average Bonchev–Trinajstić information content (AvgIpc) is 2.49. The highest BCUT2D eigenvalue weighted by atomic mass is 16.4. The van der Waals surface area contributed by atoms with Gasteiger partial charge in [-0.25, -0.2) is 4.79 Å². The predicted molar refractivity (Wildman–Crippen MR) is 52.6 cm³/mol. The maximum Gasteiger partial charge on any atom is 0.352 e. The molecular formula is C9H11N3O3. The summed E-state index contributed by atoms with van der Waals surface area (Å²) in [5.74, 6) is -1.61. The minimum absolute atomic E-state index is 0.171. The van der Waals surface area contributed by atoms with Gasteiger partial charge in [-0.2, -0.15) is 5.10 Å². The topological polar surface area (TPSA) is 84.2 Å². The van der Waals surface area contributed by atoms with Gasteiger partial charge in [0.2, 0.25) is 5.91 Å². The minimum atomic E-state index is -1.19. The van der Waals surface area contributed by atoms with Gasteiger partial charge in [-0.1, -0.05) is 0 Å². The van der Waals surface area contributed by atoms with E-state index < -0.39 is 11.9 Å². The second-order valence-electron chi connectivity index (χ2n) is 2.99. The van der Waals surface area contributed by atoms with Crippen LogP contribution in [0.25, 0.3) is 6.08 Å². The third-order valence-electron chi connectivity index (χ3n) is 1.58. The fourth-order valence-electron chi connectivity index (χ4n) is 1.02. The molecule has 0 radical (unpaired) electrons. The zero-order valence-corrected chi connectivity index (χ0v) is 8.39. The summed E-state index contributed by atoms with van der Waals surface area (Å²) in [6.45, 7) is 1.25. The lowest BCUT2D eigenvalue weighted by atomic mass is 10.3. The van der Waals surface area contributed by atoms with Crippen molar-refractivity contribution in [3.05, 3.63) is 23.7 Å². The third kappa shape index (κ3) is 3.26. The van der Waals surface area contributed by atoms with Crippen molar-refractivity contribution in [1.82, 2.24) is 15.1 Å². The number of nitrogens with one attached hydrogen (secondary N) is 1. The van der Waals surface area contributed by atoms with Crippen LogP contribution >= 0.6 is 0 Å². The van der Waals surface area contributed by atoms with Crippen LogP contribution in [0.5, 0.6) is 0 Å². The molecular weight excluding hydrogens is 198 g/mol. The first-order valence-electron chi connectivity index (χ1n) is 4.20. The Morgan fingerprint density at radius 1 is 1.60 bits per heavy atom. The van der Waals surface area contributed by atoms with Gasteiger partial charge in [-0.05, 0) is 6.08 Å². The molecule has 0 saturated heterocycles. The number of aryl methyl sites for hydroxylation is 1. The van der Waals surface area contributed by atoms with Gasteiger partial charge >= 0.3 is 5.97 Å². The molecule has 2 N–H and O–H groups in total. The molecule has 0 unspecified atom stereocenters. The standard InChI is InChI=1S/C9H11N3O3/c1-6(13)11-8(9(14)15)3-7-4-10-12(2)5-7/h3-5H,1-2H3,(H,11,13)(H,14,15). The van der Waals surface area contributed by atoms with Gasteiger partial charge in [-0.3, -0.25) is 9.48 Å².